The summed E-state index contributed by atoms with van der Waals surface area (Å²) in [4.78, 5) is 36.8. The van der Waals surface area contributed by atoms with Crippen molar-refractivity contribution in [3.63, 3.8) is 0 Å². The van der Waals surface area contributed by atoms with Crippen molar-refractivity contribution in [2.45, 2.75) is 37.6 Å². The topological polar surface area (TPSA) is 87.7 Å². The molecule has 0 aromatic heterocycles. The van der Waals surface area contributed by atoms with E-state index in [1.54, 1.807) is 13.2 Å². The number of hydrogen-bond donors (Lipinski definition) is 2. The van der Waals surface area contributed by atoms with E-state index in [0.717, 1.165) is 18.4 Å². The number of rotatable bonds is 5. The number of para-hydroxylation sites is 1. The Labute approximate surface area is 157 Å². The Morgan fingerprint density at radius 1 is 1.31 bits per heavy atom. The van der Waals surface area contributed by atoms with Crippen LogP contribution in [0.1, 0.15) is 37.2 Å². The highest BCUT2D eigenvalue weighted by molar-refractivity contribution is 6.32. The van der Waals surface area contributed by atoms with Crippen molar-refractivity contribution in [1.29, 1.82) is 0 Å². The molecule has 140 valence electrons. The van der Waals surface area contributed by atoms with Gasteiger partial charge in [-0.2, -0.15) is 0 Å². The molecule has 0 saturated carbocycles. The number of nitrogens with one attached hydrogen (secondary N) is 2. The van der Waals surface area contributed by atoms with Crippen LogP contribution in [-0.2, 0) is 9.59 Å². The summed E-state index contributed by atoms with van der Waals surface area (Å²) in [5, 5.41) is 5.28. The van der Waals surface area contributed by atoms with Crippen molar-refractivity contribution in [3.8, 4) is 5.75 Å². The van der Waals surface area contributed by atoms with Gasteiger partial charge in [-0.3, -0.25) is 14.9 Å². The SMILES string of the molecule is COc1c(Cl)cccc1C1CCN(C(=O)CCC2NC(=O)NC2=O)CC1. The first kappa shape index (κ1) is 18.5. The molecule has 8 heteroatoms. The smallest absolute Gasteiger partial charge is 0.322 e. The van der Waals surface area contributed by atoms with Gasteiger partial charge in [-0.15, -0.1) is 0 Å². The third kappa shape index (κ3) is 3.93. The van der Waals surface area contributed by atoms with Crippen LogP contribution in [0.5, 0.6) is 5.75 Å². The standard InChI is InChI=1S/C18H22ClN3O4/c1-26-16-12(3-2-4-13(16)19)11-7-9-22(10-8-11)15(23)6-5-14-17(24)21-18(25)20-14/h2-4,11,14H,5-10H2,1H3,(H2,20,21,24,25). The third-order valence-corrected chi connectivity index (χ3v) is 5.29. The van der Waals surface area contributed by atoms with Gasteiger partial charge >= 0.3 is 6.03 Å². The highest BCUT2D eigenvalue weighted by atomic mass is 35.5. The van der Waals surface area contributed by atoms with E-state index in [0.29, 0.717) is 36.2 Å². The molecule has 1 atom stereocenters. The van der Waals surface area contributed by atoms with E-state index in [9.17, 15) is 14.4 Å². The minimum Gasteiger partial charge on any atom is -0.495 e. The molecule has 2 fully saturated rings. The van der Waals surface area contributed by atoms with Crippen molar-refractivity contribution in [2.75, 3.05) is 20.2 Å². The Hall–Kier alpha value is -2.28. The zero-order chi connectivity index (χ0) is 18.7. The fourth-order valence-electron chi connectivity index (χ4n) is 3.59. The lowest BCUT2D eigenvalue weighted by Crippen LogP contribution is -2.39. The molecule has 7 nitrogen and oxygen atoms in total. The van der Waals surface area contributed by atoms with Gasteiger partial charge in [0.2, 0.25) is 5.91 Å². The number of ether oxygens (including phenoxy) is 1. The van der Waals surface area contributed by atoms with E-state index in [1.807, 2.05) is 17.0 Å². The second-order valence-corrected chi connectivity index (χ2v) is 6.98. The minimum atomic E-state index is -0.611. The van der Waals surface area contributed by atoms with E-state index in [1.165, 1.54) is 0 Å². The van der Waals surface area contributed by atoms with Crippen molar-refractivity contribution >= 4 is 29.4 Å². The number of likely N-dealkylation sites (tertiary alicyclic amines) is 1. The molecule has 2 heterocycles. The number of benzene rings is 1. The first-order chi connectivity index (χ1) is 12.5. The second-order valence-electron chi connectivity index (χ2n) is 6.57. The van der Waals surface area contributed by atoms with Crippen LogP contribution in [0.25, 0.3) is 0 Å². The van der Waals surface area contributed by atoms with Gasteiger partial charge < -0.3 is 15.0 Å². The number of nitrogens with zero attached hydrogens (tertiary/aromatic N) is 1. The van der Waals surface area contributed by atoms with Gasteiger partial charge in [-0.05, 0) is 36.8 Å². The molecule has 0 aliphatic carbocycles. The number of carbonyl (C=O) groups excluding carboxylic acids is 3. The molecule has 2 saturated heterocycles. The van der Waals surface area contributed by atoms with Gasteiger partial charge in [0.25, 0.3) is 5.91 Å². The molecule has 2 aliphatic rings. The Morgan fingerprint density at radius 2 is 2.04 bits per heavy atom. The number of amides is 4. The molecule has 1 aromatic rings. The molecule has 4 amide bonds. The predicted molar refractivity (Wildman–Crippen MR) is 96.3 cm³/mol. The zero-order valence-corrected chi connectivity index (χ0v) is 15.3. The number of hydrogen-bond acceptors (Lipinski definition) is 4. The Kier molecular flexibility index (Phi) is 5.66. The van der Waals surface area contributed by atoms with Gasteiger partial charge in [0.05, 0.1) is 12.1 Å². The number of halogens is 1. The van der Waals surface area contributed by atoms with E-state index >= 15 is 0 Å². The Balaban J connectivity index is 1.52. The van der Waals surface area contributed by atoms with Gasteiger partial charge in [0, 0.05) is 19.5 Å². The molecular formula is C18H22ClN3O4. The van der Waals surface area contributed by atoms with Gasteiger partial charge in [0.1, 0.15) is 11.8 Å². The van der Waals surface area contributed by atoms with E-state index in [2.05, 4.69) is 10.6 Å². The molecule has 0 radical (unpaired) electrons. The van der Waals surface area contributed by atoms with E-state index in [4.69, 9.17) is 16.3 Å². The molecule has 0 bridgehead atoms. The molecule has 26 heavy (non-hydrogen) atoms. The highest BCUT2D eigenvalue weighted by Crippen LogP contribution is 2.38. The third-order valence-electron chi connectivity index (χ3n) is 4.99. The van der Waals surface area contributed by atoms with Crippen molar-refractivity contribution in [1.82, 2.24) is 15.5 Å². The minimum absolute atomic E-state index is 0.00968. The summed E-state index contributed by atoms with van der Waals surface area (Å²) in [6.07, 6.45) is 2.23. The largest absolute Gasteiger partial charge is 0.495 e. The Morgan fingerprint density at radius 3 is 2.65 bits per heavy atom. The summed E-state index contributed by atoms with van der Waals surface area (Å²) >= 11 is 6.20. The monoisotopic (exact) mass is 379 g/mol. The summed E-state index contributed by atoms with van der Waals surface area (Å²) in [7, 11) is 1.61. The lowest BCUT2D eigenvalue weighted by atomic mass is 9.88. The average Bonchev–Trinajstić information content (AvgIpc) is 2.97. The fourth-order valence-corrected chi connectivity index (χ4v) is 3.85. The van der Waals surface area contributed by atoms with Crippen LogP contribution in [0.2, 0.25) is 5.02 Å². The highest BCUT2D eigenvalue weighted by Gasteiger charge is 2.31. The van der Waals surface area contributed by atoms with Gasteiger partial charge in [-0.1, -0.05) is 23.7 Å². The number of imide groups is 1. The molecule has 2 aliphatic heterocycles. The Bertz CT molecular complexity index is 716. The summed E-state index contributed by atoms with van der Waals surface area (Å²) < 4.78 is 5.43. The predicted octanol–water partition coefficient (Wildman–Crippen LogP) is 2.04. The van der Waals surface area contributed by atoms with E-state index in [-0.39, 0.29) is 18.2 Å². The number of carbonyl (C=O) groups is 3. The molecule has 1 aromatic carbocycles. The first-order valence-corrected chi connectivity index (χ1v) is 9.09. The van der Waals surface area contributed by atoms with Crippen LogP contribution in [0.3, 0.4) is 0 Å². The lowest BCUT2D eigenvalue weighted by molar-refractivity contribution is -0.132. The van der Waals surface area contributed by atoms with E-state index < -0.39 is 12.1 Å². The summed E-state index contributed by atoms with van der Waals surface area (Å²) in [5.41, 5.74) is 1.08. The maximum atomic E-state index is 12.4. The maximum Gasteiger partial charge on any atom is 0.322 e. The fraction of sp³-hybridized carbons (Fsp3) is 0.500. The number of urea groups is 1. The van der Waals surface area contributed by atoms with Crippen LogP contribution >= 0.6 is 11.6 Å². The molecular weight excluding hydrogens is 358 g/mol. The molecule has 3 rings (SSSR count). The normalized spacial score (nSPS) is 20.7. The average molecular weight is 380 g/mol. The molecule has 2 N–H and O–H groups in total. The van der Waals surface area contributed by atoms with Crippen LogP contribution in [-0.4, -0.2) is 49.0 Å². The van der Waals surface area contributed by atoms with Crippen molar-refractivity contribution in [2.24, 2.45) is 0 Å². The van der Waals surface area contributed by atoms with Crippen LogP contribution in [0, 0.1) is 0 Å². The molecule has 1 unspecified atom stereocenters. The summed E-state index contributed by atoms with van der Waals surface area (Å²) in [6.45, 7) is 1.31. The number of piperidine rings is 1. The van der Waals surface area contributed by atoms with Gasteiger partial charge in [0.15, 0.2) is 0 Å². The lowest BCUT2D eigenvalue weighted by Gasteiger charge is -2.33. The first-order valence-electron chi connectivity index (χ1n) is 8.71. The summed E-state index contributed by atoms with van der Waals surface area (Å²) in [5.74, 6) is 0.652. The number of methoxy groups -OCH3 is 1. The zero-order valence-electron chi connectivity index (χ0n) is 14.6. The van der Waals surface area contributed by atoms with Crippen molar-refractivity contribution in [3.05, 3.63) is 28.8 Å². The van der Waals surface area contributed by atoms with Crippen LogP contribution in [0.4, 0.5) is 4.79 Å². The van der Waals surface area contributed by atoms with Crippen molar-refractivity contribution < 1.29 is 19.1 Å². The van der Waals surface area contributed by atoms with Gasteiger partial charge in [-0.25, -0.2) is 4.79 Å². The maximum absolute atomic E-state index is 12.4. The molecule has 0 spiro atoms. The van der Waals surface area contributed by atoms with Crippen LogP contribution in [0.15, 0.2) is 18.2 Å². The quantitative estimate of drug-likeness (QED) is 0.766. The summed E-state index contributed by atoms with van der Waals surface area (Å²) in [6, 6.07) is 4.64. The second kappa shape index (κ2) is 7.95. The van der Waals surface area contributed by atoms with Crippen LogP contribution < -0.4 is 15.4 Å².